The van der Waals surface area contributed by atoms with Crippen LogP contribution in [0.5, 0.6) is 0 Å². The van der Waals surface area contributed by atoms with E-state index in [1.165, 1.54) is 12.3 Å². The molecule has 2 heterocycles. The van der Waals surface area contributed by atoms with E-state index in [0.29, 0.717) is 12.1 Å². The van der Waals surface area contributed by atoms with Crippen LogP contribution in [0.2, 0.25) is 0 Å². The fourth-order valence-electron chi connectivity index (χ4n) is 1.98. The molecule has 2 aromatic heterocycles. The van der Waals surface area contributed by atoms with Gasteiger partial charge in [0.2, 0.25) is 5.95 Å². The van der Waals surface area contributed by atoms with Crippen molar-refractivity contribution in [1.82, 2.24) is 25.0 Å². The van der Waals surface area contributed by atoms with Crippen molar-refractivity contribution < 1.29 is 13.6 Å². The molecule has 0 saturated carbocycles. The molecule has 0 aliphatic carbocycles. The Morgan fingerprint density at radius 1 is 1.35 bits per heavy atom. The molecule has 0 aliphatic heterocycles. The van der Waals surface area contributed by atoms with Crippen molar-refractivity contribution >= 4 is 11.9 Å². The molecule has 0 aliphatic rings. The van der Waals surface area contributed by atoms with Gasteiger partial charge in [-0.3, -0.25) is 19.9 Å². The Morgan fingerprint density at radius 2 is 2.09 bits per heavy atom. The van der Waals surface area contributed by atoms with Crippen LogP contribution in [0.3, 0.4) is 0 Å². The van der Waals surface area contributed by atoms with E-state index in [1.54, 1.807) is 10.9 Å². The summed E-state index contributed by atoms with van der Waals surface area (Å²) in [5.74, 6) is -2.21. The molecule has 7 nitrogen and oxygen atoms in total. The van der Waals surface area contributed by atoms with Gasteiger partial charge >= 0.3 is 0 Å². The number of benzene rings is 1. The second kappa shape index (κ2) is 5.95. The maximum absolute atomic E-state index is 13.7. The van der Waals surface area contributed by atoms with Crippen molar-refractivity contribution in [2.24, 2.45) is 0 Å². The number of carbonyl (C=O) groups is 1. The number of carbonyl (C=O) groups excluding carboxylic acids is 1. The highest BCUT2D eigenvalue weighted by Crippen LogP contribution is 2.23. The van der Waals surface area contributed by atoms with E-state index < -0.39 is 17.5 Å². The largest absolute Gasteiger partial charge is 0.289 e. The van der Waals surface area contributed by atoms with Crippen molar-refractivity contribution in [3.63, 3.8) is 0 Å². The molecule has 118 valence electrons. The van der Waals surface area contributed by atoms with Crippen LogP contribution >= 0.6 is 0 Å². The third-order valence-corrected chi connectivity index (χ3v) is 3.13. The first-order chi connectivity index (χ1) is 11.1. The molecule has 2 N–H and O–H groups in total. The number of halogens is 2. The summed E-state index contributed by atoms with van der Waals surface area (Å²) >= 11 is 0. The molecule has 0 fully saturated rings. The van der Waals surface area contributed by atoms with Gasteiger partial charge in [0, 0.05) is 12.7 Å². The van der Waals surface area contributed by atoms with Crippen molar-refractivity contribution in [3.8, 4) is 11.4 Å². The Labute approximate surface area is 129 Å². The lowest BCUT2D eigenvalue weighted by Crippen LogP contribution is -2.12. The lowest BCUT2D eigenvalue weighted by Gasteiger charge is -2.00. The van der Waals surface area contributed by atoms with Gasteiger partial charge in [-0.25, -0.2) is 8.78 Å². The predicted octanol–water partition coefficient (Wildman–Crippen LogP) is 2.22. The first-order valence-electron chi connectivity index (χ1n) is 6.79. The van der Waals surface area contributed by atoms with Gasteiger partial charge in [0.15, 0.2) is 5.82 Å². The average Bonchev–Trinajstić information content (AvgIpc) is 3.16. The molecule has 0 atom stereocenters. The number of anilines is 1. The first-order valence-corrected chi connectivity index (χ1v) is 6.79. The van der Waals surface area contributed by atoms with Gasteiger partial charge in [0.25, 0.3) is 5.91 Å². The number of nitrogens with zero attached hydrogens (tertiary/aromatic N) is 4. The Balaban J connectivity index is 1.81. The quantitative estimate of drug-likeness (QED) is 0.772. The van der Waals surface area contributed by atoms with Gasteiger partial charge in [0.1, 0.15) is 11.6 Å². The summed E-state index contributed by atoms with van der Waals surface area (Å²) in [5, 5.41) is 12.6. The monoisotopic (exact) mass is 318 g/mol. The van der Waals surface area contributed by atoms with Crippen molar-refractivity contribution in [3.05, 3.63) is 47.8 Å². The second-order valence-corrected chi connectivity index (χ2v) is 4.64. The van der Waals surface area contributed by atoms with Crippen LogP contribution < -0.4 is 5.32 Å². The first kappa shape index (κ1) is 14.8. The van der Waals surface area contributed by atoms with E-state index in [9.17, 15) is 13.6 Å². The molecule has 0 saturated heterocycles. The molecule has 9 heteroatoms. The fourth-order valence-corrected chi connectivity index (χ4v) is 1.98. The van der Waals surface area contributed by atoms with Crippen LogP contribution in [-0.4, -0.2) is 30.9 Å². The van der Waals surface area contributed by atoms with Gasteiger partial charge in [-0.2, -0.15) is 10.1 Å². The number of aromatic nitrogens is 5. The standard InChI is InChI=1S/C14H12F2N6O/c1-2-22-7-8(6-17-22)13(23)19-14-18-12(20-21-14)11-9(15)4-3-5-10(11)16/h3-7H,2H2,1H3,(H2,18,19,20,21,23). The van der Waals surface area contributed by atoms with Crippen molar-refractivity contribution in [2.75, 3.05) is 5.32 Å². The van der Waals surface area contributed by atoms with Crippen LogP contribution in [0.4, 0.5) is 14.7 Å². The summed E-state index contributed by atoms with van der Waals surface area (Å²) in [6, 6.07) is 3.47. The van der Waals surface area contributed by atoms with Crippen LogP contribution in [0.15, 0.2) is 30.6 Å². The zero-order chi connectivity index (χ0) is 16.4. The third kappa shape index (κ3) is 2.93. The number of hydrogen-bond acceptors (Lipinski definition) is 4. The molecular formula is C14H12F2N6O. The zero-order valence-corrected chi connectivity index (χ0v) is 12.0. The zero-order valence-electron chi connectivity index (χ0n) is 12.0. The van der Waals surface area contributed by atoms with E-state index in [1.807, 2.05) is 6.92 Å². The van der Waals surface area contributed by atoms with Gasteiger partial charge in [-0.15, -0.1) is 5.10 Å². The van der Waals surface area contributed by atoms with Gasteiger partial charge in [-0.05, 0) is 19.1 Å². The van der Waals surface area contributed by atoms with Crippen LogP contribution in [-0.2, 0) is 6.54 Å². The summed E-state index contributed by atoms with van der Waals surface area (Å²) < 4.78 is 29.0. The SMILES string of the molecule is CCn1cc(C(=O)Nc2n[nH]c(-c3c(F)cccc3F)n2)cn1. The number of amides is 1. The van der Waals surface area contributed by atoms with E-state index in [4.69, 9.17) is 0 Å². The van der Waals surface area contributed by atoms with Gasteiger partial charge in [-0.1, -0.05) is 6.07 Å². The molecule has 0 bridgehead atoms. The normalized spacial score (nSPS) is 10.7. The summed E-state index contributed by atoms with van der Waals surface area (Å²) in [7, 11) is 0. The highest BCUT2D eigenvalue weighted by molar-refractivity contribution is 6.03. The lowest BCUT2D eigenvalue weighted by molar-refractivity contribution is 0.102. The van der Waals surface area contributed by atoms with E-state index >= 15 is 0 Å². The number of aryl methyl sites for hydroxylation is 1. The average molecular weight is 318 g/mol. The number of aromatic amines is 1. The number of nitrogens with one attached hydrogen (secondary N) is 2. The maximum atomic E-state index is 13.7. The molecule has 0 radical (unpaired) electrons. The molecule has 23 heavy (non-hydrogen) atoms. The number of rotatable bonds is 4. The molecule has 3 aromatic rings. The minimum atomic E-state index is -0.775. The van der Waals surface area contributed by atoms with E-state index in [-0.39, 0.29) is 17.3 Å². The molecule has 1 amide bonds. The highest BCUT2D eigenvalue weighted by Gasteiger charge is 2.17. The van der Waals surface area contributed by atoms with E-state index in [2.05, 4.69) is 25.6 Å². The second-order valence-electron chi connectivity index (χ2n) is 4.64. The molecule has 0 unspecified atom stereocenters. The molecule has 1 aromatic carbocycles. The summed E-state index contributed by atoms with van der Waals surface area (Å²) in [6.45, 7) is 2.52. The topological polar surface area (TPSA) is 88.5 Å². The predicted molar refractivity (Wildman–Crippen MR) is 77.6 cm³/mol. The van der Waals surface area contributed by atoms with E-state index in [0.717, 1.165) is 12.1 Å². The molecule has 0 spiro atoms. The van der Waals surface area contributed by atoms with Crippen molar-refractivity contribution in [1.29, 1.82) is 0 Å². The Morgan fingerprint density at radius 3 is 2.74 bits per heavy atom. The summed E-state index contributed by atoms with van der Waals surface area (Å²) in [4.78, 5) is 15.9. The molecule has 3 rings (SSSR count). The van der Waals surface area contributed by atoms with Crippen LogP contribution in [0.25, 0.3) is 11.4 Å². The maximum Gasteiger partial charge on any atom is 0.261 e. The number of H-pyrrole nitrogens is 1. The van der Waals surface area contributed by atoms with Crippen LogP contribution in [0.1, 0.15) is 17.3 Å². The third-order valence-electron chi connectivity index (χ3n) is 3.13. The van der Waals surface area contributed by atoms with Gasteiger partial charge < -0.3 is 0 Å². The van der Waals surface area contributed by atoms with Crippen LogP contribution in [0, 0.1) is 11.6 Å². The minimum absolute atomic E-state index is 0.0862. The Hall–Kier alpha value is -3.10. The Bertz CT molecular complexity index is 836. The van der Waals surface area contributed by atoms with Gasteiger partial charge in [0.05, 0.1) is 17.3 Å². The highest BCUT2D eigenvalue weighted by atomic mass is 19.1. The lowest BCUT2D eigenvalue weighted by atomic mass is 10.2. The summed E-state index contributed by atoms with van der Waals surface area (Å²) in [5.41, 5.74) is -0.00502. The fraction of sp³-hybridized carbons (Fsp3) is 0.143. The van der Waals surface area contributed by atoms with Crippen molar-refractivity contribution in [2.45, 2.75) is 13.5 Å². The minimum Gasteiger partial charge on any atom is -0.289 e. The smallest absolute Gasteiger partial charge is 0.261 e. The Kier molecular flexibility index (Phi) is 3.83. The summed E-state index contributed by atoms with van der Waals surface area (Å²) in [6.07, 6.45) is 2.97. The number of hydrogen-bond donors (Lipinski definition) is 2. The molecular weight excluding hydrogens is 306 g/mol.